The summed E-state index contributed by atoms with van der Waals surface area (Å²) in [6.45, 7) is 7.61. The maximum Gasteiger partial charge on any atom is 0.416 e. The second-order valence-electron chi connectivity index (χ2n) is 9.93. The Kier molecular flexibility index (Phi) is 6.45. The van der Waals surface area contributed by atoms with Crippen molar-refractivity contribution in [2.75, 3.05) is 0 Å². The fourth-order valence-electron chi connectivity index (χ4n) is 4.75. The van der Waals surface area contributed by atoms with Gasteiger partial charge in [-0.25, -0.2) is 4.39 Å². The van der Waals surface area contributed by atoms with Gasteiger partial charge in [0.1, 0.15) is 23.3 Å². The van der Waals surface area contributed by atoms with Crippen LogP contribution >= 0.6 is 0 Å². The molecular weight excluding hydrogens is 460 g/mol. The van der Waals surface area contributed by atoms with E-state index < -0.39 is 35.4 Å². The molecule has 3 aromatic carbocycles. The predicted molar refractivity (Wildman–Crippen MR) is 126 cm³/mol. The lowest BCUT2D eigenvalue weighted by molar-refractivity contribution is -0.137. The van der Waals surface area contributed by atoms with E-state index in [2.05, 4.69) is 0 Å². The minimum absolute atomic E-state index is 0.0932. The van der Waals surface area contributed by atoms with Gasteiger partial charge in [0.2, 0.25) is 0 Å². The van der Waals surface area contributed by atoms with Gasteiger partial charge in [-0.15, -0.1) is 0 Å². The smallest absolute Gasteiger partial charge is 0.416 e. The summed E-state index contributed by atoms with van der Waals surface area (Å²) in [4.78, 5) is 0. The Morgan fingerprint density at radius 3 is 2.14 bits per heavy atom. The van der Waals surface area contributed by atoms with Gasteiger partial charge in [-0.05, 0) is 77.9 Å². The minimum atomic E-state index is -4.49. The van der Waals surface area contributed by atoms with E-state index in [-0.39, 0.29) is 11.5 Å². The molecule has 1 unspecified atom stereocenters. The van der Waals surface area contributed by atoms with E-state index in [4.69, 9.17) is 4.74 Å². The second-order valence-corrected chi connectivity index (χ2v) is 9.93. The summed E-state index contributed by atoms with van der Waals surface area (Å²) >= 11 is 0. The third-order valence-corrected chi connectivity index (χ3v) is 6.39. The van der Waals surface area contributed by atoms with Crippen LogP contribution in [0.25, 0.3) is 11.1 Å². The minimum Gasteiger partial charge on any atom is -0.487 e. The van der Waals surface area contributed by atoms with Crippen LogP contribution in [0.15, 0.2) is 54.6 Å². The molecule has 1 heterocycles. The molecule has 0 aliphatic carbocycles. The van der Waals surface area contributed by atoms with Crippen LogP contribution in [0.3, 0.4) is 0 Å². The molecule has 1 aliphatic heterocycles. The predicted octanol–water partition coefficient (Wildman–Crippen LogP) is 7.31. The Labute approximate surface area is 202 Å². The highest BCUT2D eigenvalue weighted by atomic mass is 19.4. The number of aliphatic hydroxyl groups excluding tert-OH is 2. The van der Waals surface area contributed by atoms with E-state index in [1.54, 1.807) is 18.2 Å². The molecule has 3 aromatic rings. The van der Waals surface area contributed by atoms with Crippen molar-refractivity contribution in [3.05, 3.63) is 88.2 Å². The Bertz CT molecular complexity index is 1210. The molecule has 1 aliphatic rings. The molecule has 4 rings (SSSR count). The summed E-state index contributed by atoms with van der Waals surface area (Å²) < 4.78 is 59.3. The fraction of sp³-hybridized carbons (Fsp3) is 0.357. The first-order valence-corrected chi connectivity index (χ1v) is 11.5. The van der Waals surface area contributed by atoms with E-state index in [1.807, 2.05) is 27.7 Å². The topological polar surface area (TPSA) is 49.7 Å². The van der Waals surface area contributed by atoms with Crippen LogP contribution < -0.4 is 4.74 Å². The number of rotatable bonds is 4. The van der Waals surface area contributed by atoms with Crippen LogP contribution in [0.2, 0.25) is 0 Å². The number of ether oxygens (including phenoxy) is 1. The van der Waals surface area contributed by atoms with Gasteiger partial charge in [-0.1, -0.05) is 38.1 Å². The van der Waals surface area contributed by atoms with Crippen LogP contribution in [0.1, 0.15) is 80.1 Å². The van der Waals surface area contributed by atoms with Gasteiger partial charge in [0.25, 0.3) is 0 Å². The van der Waals surface area contributed by atoms with Crippen molar-refractivity contribution < 1.29 is 32.5 Å². The summed E-state index contributed by atoms with van der Waals surface area (Å²) in [6.07, 6.45) is -6.41. The SMILES string of the molecule is CC(C)c1cc2c(c(-c3ccc(F)cc3)c1C(O)c1ccc(C(F)(F)F)cc1)[C@@H](O)CC(C)(C)O2. The van der Waals surface area contributed by atoms with Crippen LogP contribution in [0, 0.1) is 5.82 Å². The molecule has 0 radical (unpaired) electrons. The molecule has 0 saturated carbocycles. The largest absolute Gasteiger partial charge is 0.487 e. The monoisotopic (exact) mass is 488 g/mol. The van der Waals surface area contributed by atoms with Gasteiger partial charge in [0, 0.05) is 12.0 Å². The Morgan fingerprint density at radius 1 is 1.00 bits per heavy atom. The lowest BCUT2D eigenvalue weighted by Gasteiger charge is -2.38. The zero-order valence-electron chi connectivity index (χ0n) is 19.9. The molecule has 0 amide bonds. The van der Waals surface area contributed by atoms with Crippen LogP contribution in [0.4, 0.5) is 17.6 Å². The van der Waals surface area contributed by atoms with Gasteiger partial charge < -0.3 is 14.9 Å². The number of hydrogen-bond acceptors (Lipinski definition) is 3. The first kappa shape index (κ1) is 25.2. The van der Waals surface area contributed by atoms with Crippen molar-refractivity contribution in [2.45, 2.75) is 64.0 Å². The first-order valence-electron chi connectivity index (χ1n) is 11.5. The number of hydrogen-bond donors (Lipinski definition) is 2. The number of benzene rings is 3. The van der Waals surface area contributed by atoms with Gasteiger partial charge in [0.05, 0.1) is 11.7 Å². The maximum absolute atomic E-state index is 13.8. The molecule has 2 atom stereocenters. The highest BCUT2D eigenvalue weighted by Crippen LogP contribution is 2.50. The number of alkyl halides is 3. The molecule has 186 valence electrons. The van der Waals surface area contributed by atoms with Gasteiger partial charge in [-0.3, -0.25) is 0 Å². The van der Waals surface area contributed by atoms with E-state index >= 15 is 0 Å². The average Bonchev–Trinajstić information content (AvgIpc) is 2.76. The third kappa shape index (κ3) is 4.93. The van der Waals surface area contributed by atoms with Crippen LogP contribution in [-0.2, 0) is 6.18 Å². The summed E-state index contributed by atoms with van der Waals surface area (Å²) in [5.74, 6) is -0.0603. The number of fused-ring (bicyclic) bond motifs is 1. The summed E-state index contributed by atoms with van der Waals surface area (Å²) in [5.41, 5.74) is 1.54. The third-order valence-electron chi connectivity index (χ3n) is 6.39. The lowest BCUT2D eigenvalue weighted by atomic mass is 9.78. The van der Waals surface area contributed by atoms with Crippen molar-refractivity contribution in [2.24, 2.45) is 0 Å². The summed E-state index contributed by atoms with van der Waals surface area (Å²) in [6, 6.07) is 11.9. The molecule has 2 N–H and O–H groups in total. The summed E-state index contributed by atoms with van der Waals surface area (Å²) in [5, 5.41) is 22.7. The van der Waals surface area contributed by atoms with Crippen molar-refractivity contribution >= 4 is 0 Å². The number of halogens is 4. The van der Waals surface area contributed by atoms with E-state index in [1.165, 1.54) is 24.3 Å². The Morgan fingerprint density at radius 2 is 1.60 bits per heavy atom. The summed E-state index contributed by atoms with van der Waals surface area (Å²) in [7, 11) is 0. The Hall–Kier alpha value is -2.90. The van der Waals surface area contributed by atoms with Gasteiger partial charge >= 0.3 is 6.18 Å². The lowest BCUT2D eigenvalue weighted by Crippen LogP contribution is -2.35. The normalized spacial score (nSPS) is 18.2. The zero-order valence-corrected chi connectivity index (χ0v) is 19.9. The van der Waals surface area contributed by atoms with Gasteiger partial charge in [0.15, 0.2) is 0 Å². The van der Waals surface area contributed by atoms with E-state index in [0.29, 0.717) is 34.4 Å². The van der Waals surface area contributed by atoms with Gasteiger partial charge in [-0.2, -0.15) is 13.2 Å². The standard InChI is InChI=1S/C28H28F4O3/c1-15(2)20-13-22-25(21(33)14-27(3,4)35-22)23(16-7-11-19(29)12-8-16)24(20)26(34)17-5-9-18(10-6-17)28(30,31)32/h5-13,15,21,26,33-34H,14H2,1-4H3/t21-,26?/m0/s1. The maximum atomic E-state index is 13.8. The number of aliphatic hydroxyl groups is 2. The second kappa shape index (κ2) is 8.95. The fourth-order valence-corrected chi connectivity index (χ4v) is 4.75. The molecule has 0 fully saturated rings. The van der Waals surface area contributed by atoms with E-state index in [0.717, 1.165) is 17.7 Å². The van der Waals surface area contributed by atoms with Crippen molar-refractivity contribution in [1.82, 2.24) is 0 Å². The highest BCUT2D eigenvalue weighted by molar-refractivity contribution is 5.78. The zero-order chi connectivity index (χ0) is 25.7. The highest BCUT2D eigenvalue weighted by Gasteiger charge is 2.38. The molecule has 0 saturated heterocycles. The quantitative estimate of drug-likeness (QED) is 0.379. The molecule has 3 nitrogen and oxygen atoms in total. The molecule has 7 heteroatoms. The molecule has 0 spiro atoms. The Balaban J connectivity index is 2.00. The van der Waals surface area contributed by atoms with Crippen LogP contribution in [0.5, 0.6) is 5.75 Å². The molecule has 35 heavy (non-hydrogen) atoms. The molecular formula is C28H28F4O3. The average molecular weight is 489 g/mol. The molecule has 0 aromatic heterocycles. The van der Waals surface area contributed by atoms with Crippen molar-refractivity contribution in [3.8, 4) is 16.9 Å². The first-order chi connectivity index (χ1) is 16.3. The van der Waals surface area contributed by atoms with Crippen LogP contribution in [-0.4, -0.2) is 15.8 Å². The van der Waals surface area contributed by atoms with Crippen molar-refractivity contribution in [3.63, 3.8) is 0 Å². The van der Waals surface area contributed by atoms with E-state index in [9.17, 15) is 27.8 Å². The van der Waals surface area contributed by atoms with Crippen molar-refractivity contribution in [1.29, 1.82) is 0 Å². The molecule has 0 bridgehead atoms.